The number of amides is 1. The number of carbonyl (C=O) groups excluding carboxylic acids is 1. The van der Waals surface area contributed by atoms with E-state index in [0.29, 0.717) is 19.6 Å². The minimum atomic E-state index is -0.333. The molecule has 0 radical (unpaired) electrons. The minimum Gasteiger partial charge on any atom is -0.366 e. The number of carbonyl (C=O) groups is 1. The van der Waals surface area contributed by atoms with Gasteiger partial charge in [0.05, 0.1) is 16.6 Å². The average molecular weight is 296 g/mol. The molecule has 1 saturated heterocycles. The van der Waals surface area contributed by atoms with Gasteiger partial charge in [0.1, 0.15) is 0 Å². The standard InChI is InChI=1S/C17H32N2O2/c1-15(2)12-19(13-16(3,4)21-15)14(20)17(11-18)9-7-5-6-8-10-17/h5-13,18H2,1-4H3. The van der Waals surface area contributed by atoms with Gasteiger partial charge in [-0.05, 0) is 40.5 Å². The van der Waals surface area contributed by atoms with E-state index in [0.717, 1.165) is 25.7 Å². The fourth-order valence-electron chi connectivity index (χ4n) is 4.18. The maximum atomic E-state index is 13.2. The van der Waals surface area contributed by atoms with Gasteiger partial charge in [-0.15, -0.1) is 0 Å². The highest BCUT2D eigenvalue weighted by molar-refractivity contribution is 5.83. The second-order valence-corrected chi connectivity index (χ2v) is 8.18. The summed E-state index contributed by atoms with van der Waals surface area (Å²) in [5.41, 5.74) is 5.15. The molecule has 0 aromatic heterocycles. The summed E-state index contributed by atoms with van der Waals surface area (Å²) in [6.45, 7) is 10.1. The number of rotatable bonds is 2. The van der Waals surface area contributed by atoms with E-state index < -0.39 is 0 Å². The molecule has 4 nitrogen and oxygen atoms in total. The van der Waals surface area contributed by atoms with Gasteiger partial charge in [0.2, 0.25) is 5.91 Å². The van der Waals surface area contributed by atoms with Gasteiger partial charge in [-0.25, -0.2) is 0 Å². The SMILES string of the molecule is CC1(C)CN(C(=O)C2(CN)CCCCCC2)CC(C)(C)O1. The number of hydrogen-bond donors (Lipinski definition) is 1. The Morgan fingerprint density at radius 2 is 1.48 bits per heavy atom. The molecule has 0 spiro atoms. The van der Waals surface area contributed by atoms with Gasteiger partial charge < -0.3 is 15.4 Å². The Hall–Kier alpha value is -0.610. The molecule has 0 unspecified atom stereocenters. The summed E-state index contributed by atoms with van der Waals surface area (Å²) in [6, 6.07) is 0. The lowest BCUT2D eigenvalue weighted by Crippen LogP contribution is -2.61. The van der Waals surface area contributed by atoms with E-state index in [9.17, 15) is 4.79 Å². The molecule has 1 aliphatic heterocycles. The van der Waals surface area contributed by atoms with E-state index >= 15 is 0 Å². The third-order valence-electron chi connectivity index (χ3n) is 4.89. The fourth-order valence-corrected chi connectivity index (χ4v) is 4.18. The Morgan fingerprint density at radius 3 is 1.90 bits per heavy atom. The molecule has 0 aromatic carbocycles. The topological polar surface area (TPSA) is 55.6 Å². The van der Waals surface area contributed by atoms with Gasteiger partial charge in [0, 0.05) is 19.6 Å². The predicted molar refractivity (Wildman–Crippen MR) is 85.0 cm³/mol. The van der Waals surface area contributed by atoms with Crippen LogP contribution in [0.4, 0.5) is 0 Å². The van der Waals surface area contributed by atoms with Crippen molar-refractivity contribution in [3.63, 3.8) is 0 Å². The van der Waals surface area contributed by atoms with E-state index in [1.807, 2.05) is 4.90 Å². The highest BCUT2D eigenvalue weighted by Gasteiger charge is 2.46. The van der Waals surface area contributed by atoms with Gasteiger partial charge in [0.15, 0.2) is 0 Å². The lowest BCUT2D eigenvalue weighted by atomic mass is 9.78. The van der Waals surface area contributed by atoms with Gasteiger partial charge in [-0.3, -0.25) is 4.79 Å². The summed E-state index contributed by atoms with van der Waals surface area (Å²) in [5.74, 6) is 0.261. The zero-order valence-electron chi connectivity index (χ0n) is 14.2. The van der Waals surface area contributed by atoms with Gasteiger partial charge >= 0.3 is 0 Å². The third-order valence-corrected chi connectivity index (χ3v) is 4.89. The monoisotopic (exact) mass is 296 g/mol. The number of nitrogens with zero attached hydrogens (tertiary/aromatic N) is 1. The van der Waals surface area contributed by atoms with Crippen molar-refractivity contribution < 1.29 is 9.53 Å². The Kier molecular flexibility index (Phi) is 4.69. The molecule has 1 heterocycles. The summed E-state index contributed by atoms with van der Waals surface area (Å²) in [5, 5.41) is 0. The highest BCUT2D eigenvalue weighted by Crippen LogP contribution is 2.38. The van der Waals surface area contributed by atoms with Crippen LogP contribution < -0.4 is 5.73 Å². The molecule has 2 N–H and O–H groups in total. The molecule has 0 aromatic rings. The van der Waals surface area contributed by atoms with Crippen LogP contribution in [0, 0.1) is 5.41 Å². The maximum absolute atomic E-state index is 13.2. The third kappa shape index (κ3) is 3.78. The average Bonchev–Trinajstić information content (AvgIpc) is 2.60. The normalized spacial score (nSPS) is 28.0. The molecule has 0 bridgehead atoms. The molecule has 122 valence electrons. The van der Waals surface area contributed by atoms with Crippen LogP contribution in [0.1, 0.15) is 66.2 Å². The molecule has 2 fully saturated rings. The number of ether oxygens (including phenoxy) is 1. The summed E-state index contributed by atoms with van der Waals surface area (Å²) in [4.78, 5) is 15.2. The van der Waals surface area contributed by atoms with E-state index in [1.165, 1.54) is 12.8 Å². The molecular weight excluding hydrogens is 264 g/mol. The summed E-state index contributed by atoms with van der Waals surface area (Å²) < 4.78 is 6.09. The number of morpholine rings is 1. The van der Waals surface area contributed by atoms with Crippen molar-refractivity contribution in [1.82, 2.24) is 4.90 Å². The Balaban J connectivity index is 2.20. The van der Waals surface area contributed by atoms with Gasteiger partial charge in [0.25, 0.3) is 0 Å². The lowest BCUT2D eigenvalue weighted by molar-refractivity contribution is -0.193. The number of nitrogens with two attached hydrogens (primary N) is 1. The van der Waals surface area contributed by atoms with Crippen LogP contribution in [0.2, 0.25) is 0 Å². The molecular formula is C17H32N2O2. The van der Waals surface area contributed by atoms with Crippen molar-refractivity contribution in [2.75, 3.05) is 19.6 Å². The fraction of sp³-hybridized carbons (Fsp3) is 0.941. The van der Waals surface area contributed by atoms with Crippen LogP contribution in [0.25, 0.3) is 0 Å². The Labute approximate surface area is 129 Å². The van der Waals surface area contributed by atoms with E-state index in [2.05, 4.69) is 27.7 Å². The lowest BCUT2D eigenvalue weighted by Gasteiger charge is -2.49. The molecule has 1 amide bonds. The van der Waals surface area contributed by atoms with Crippen molar-refractivity contribution in [3.05, 3.63) is 0 Å². The highest BCUT2D eigenvalue weighted by atomic mass is 16.5. The molecule has 1 aliphatic carbocycles. The smallest absolute Gasteiger partial charge is 0.230 e. The first-order valence-electron chi connectivity index (χ1n) is 8.39. The van der Waals surface area contributed by atoms with Gasteiger partial charge in [-0.1, -0.05) is 25.7 Å². The summed E-state index contributed by atoms with van der Waals surface area (Å²) in [6.07, 6.45) is 6.60. The molecule has 4 heteroatoms. The van der Waals surface area contributed by atoms with Crippen molar-refractivity contribution in [2.24, 2.45) is 11.1 Å². The summed E-state index contributed by atoms with van der Waals surface area (Å²) in [7, 11) is 0. The maximum Gasteiger partial charge on any atom is 0.230 e. The molecule has 2 rings (SSSR count). The molecule has 0 atom stereocenters. The largest absolute Gasteiger partial charge is 0.366 e. The molecule has 21 heavy (non-hydrogen) atoms. The Bertz CT molecular complexity index is 366. The second kappa shape index (κ2) is 5.88. The van der Waals surface area contributed by atoms with Crippen molar-refractivity contribution in [1.29, 1.82) is 0 Å². The predicted octanol–water partition coefficient (Wildman–Crippen LogP) is 2.70. The van der Waals surface area contributed by atoms with Crippen LogP contribution in [0.5, 0.6) is 0 Å². The van der Waals surface area contributed by atoms with Crippen LogP contribution in [-0.2, 0) is 9.53 Å². The number of hydrogen-bond acceptors (Lipinski definition) is 3. The van der Waals surface area contributed by atoms with Crippen LogP contribution in [0.15, 0.2) is 0 Å². The van der Waals surface area contributed by atoms with Crippen molar-refractivity contribution >= 4 is 5.91 Å². The van der Waals surface area contributed by atoms with E-state index in [1.54, 1.807) is 0 Å². The van der Waals surface area contributed by atoms with Crippen molar-refractivity contribution in [3.8, 4) is 0 Å². The first-order valence-corrected chi connectivity index (χ1v) is 8.39. The summed E-state index contributed by atoms with van der Waals surface area (Å²) >= 11 is 0. The van der Waals surface area contributed by atoms with E-state index in [-0.39, 0.29) is 22.5 Å². The first-order chi connectivity index (χ1) is 9.70. The second-order valence-electron chi connectivity index (χ2n) is 8.18. The molecule has 2 aliphatic rings. The van der Waals surface area contributed by atoms with Crippen molar-refractivity contribution in [2.45, 2.75) is 77.4 Å². The minimum absolute atomic E-state index is 0.261. The zero-order chi connectivity index (χ0) is 15.7. The van der Waals surface area contributed by atoms with Crippen LogP contribution >= 0.6 is 0 Å². The molecule has 1 saturated carbocycles. The van der Waals surface area contributed by atoms with E-state index in [4.69, 9.17) is 10.5 Å². The zero-order valence-corrected chi connectivity index (χ0v) is 14.2. The quantitative estimate of drug-likeness (QED) is 0.797. The Morgan fingerprint density at radius 1 is 1.00 bits per heavy atom. The van der Waals surface area contributed by atoms with Gasteiger partial charge in [-0.2, -0.15) is 0 Å². The van der Waals surface area contributed by atoms with Crippen LogP contribution in [-0.4, -0.2) is 41.6 Å². The first kappa shape index (κ1) is 16.8. The van der Waals surface area contributed by atoms with Crippen LogP contribution in [0.3, 0.4) is 0 Å².